The Morgan fingerprint density at radius 3 is 1.95 bits per heavy atom. The zero-order valence-corrected chi connectivity index (χ0v) is 14.4. The molecule has 0 fully saturated rings. The minimum Gasteiger partial charge on any atom is -0.304 e. The minimum absolute atomic E-state index is 0.285. The van der Waals surface area contributed by atoms with Crippen LogP contribution in [0.15, 0.2) is 0 Å². The van der Waals surface area contributed by atoms with Crippen LogP contribution in [0.2, 0.25) is 0 Å². The Morgan fingerprint density at radius 2 is 1.53 bits per heavy atom. The van der Waals surface area contributed by atoms with Crippen molar-refractivity contribution in [3.8, 4) is 0 Å². The molecule has 0 bridgehead atoms. The predicted molar refractivity (Wildman–Crippen MR) is 77.6 cm³/mol. The maximum Gasteiger partial charge on any atom is 0.405 e. The lowest BCUT2D eigenvalue weighted by atomic mass is 10.8. The normalized spacial score (nSPS) is 15.4. The SMILES string of the molecule is CCOP(=O)(NCCSP(=O)(OC)OCC)OCC. The molecule has 0 saturated carbocycles. The molecular weight excluding hydrogens is 312 g/mol. The highest BCUT2D eigenvalue weighted by molar-refractivity contribution is 8.55. The van der Waals surface area contributed by atoms with E-state index in [-0.39, 0.29) is 13.2 Å². The molecule has 0 heterocycles. The van der Waals surface area contributed by atoms with Crippen molar-refractivity contribution >= 4 is 25.9 Å². The van der Waals surface area contributed by atoms with Crippen LogP contribution < -0.4 is 5.09 Å². The van der Waals surface area contributed by atoms with E-state index in [2.05, 4.69) is 5.09 Å². The number of hydrogen-bond donors (Lipinski definition) is 1. The highest BCUT2D eigenvalue weighted by atomic mass is 32.7. The second-order valence-electron chi connectivity index (χ2n) is 3.12. The topological polar surface area (TPSA) is 83.1 Å². The van der Waals surface area contributed by atoms with Gasteiger partial charge in [-0.25, -0.2) is 14.2 Å². The smallest absolute Gasteiger partial charge is 0.304 e. The van der Waals surface area contributed by atoms with Crippen molar-refractivity contribution in [2.24, 2.45) is 0 Å². The van der Waals surface area contributed by atoms with Crippen molar-refractivity contribution in [1.29, 1.82) is 0 Å². The molecule has 0 aromatic rings. The molecule has 0 saturated heterocycles. The number of nitrogens with one attached hydrogen (secondary N) is 1. The largest absolute Gasteiger partial charge is 0.405 e. The van der Waals surface area contributed by atoms with Crippen molar-refractivity contribution in [2.45, 2.75) is 20.8 Å². The van der Waals surface area contributed by atoms with Gasteiger partial charge in [-0.05, 0) is 32.2 Å². The second-order valence-corrected chi connectivity index (χ2v) is 9.25. The van der Waals surface area contributed by atoms with E-state index in [4.69, 9.17) is 18.1 Å². The van der Waals surface area contributed by atoms with Gasteiger partial charge in [0.15, 0.2) is 0 Å². The van der Waals surface area contributed by atoms with Crippen LogP contribution in [0.25, 0.3) is 0 Å². The van der Waals surface area contributed by atoms with Gasteiger partial charge >= 0.3 is 14.5 Å². The monoisotopic (exact) mass is 335 g/mol. The molecule has 0 amide bonds. The molecule has 0 aliphatic carbocycles. The van der Waals surface area contributed by atoms with Crippen molar-refractivity contribution in [3.05, 3.63) is 0 Å². The molecule has 10 heteroatoms. The van der Waals surface area contributed by atoms with Crippen LogP contribution in [0.3, 0.4) is 0 Å². The first-order chi connectivity index (χ1) is 8.95. The summed E-state index contributed by atoms with van der Waals surface area (Å²) in [6.07, 6.45) is 0. The van der Waals surface area contributed by atoms with Gasteiger partial charge in [0.05, 0.1) is 19.8 Å². The Bertz CT molecular complexity index is 320. The van der Waals surface area contributed by atoms with Gasteiger partial charge in [0.1, 0.15) is 0 Å². The van der Waals surface area contributed by atoms with Crippen LogP contribution >= 0.6 is 25.9 Å². The minimum atomic E-state index is -3.26. The van der Waals surface area contributed by atoms with Crippen LogP contribution in [0, 0.1) is 0 Å². The van der Waals surface area contributed by atoms with Crippen LogP contribution in [-0.2, 0) is 27.2 Å². The van der Waals surface area contributed by atoms with Gasteiger partial charge in [-0.2, -0.15) is 0 Å². The summed E-state index contributed by atoms with van der Waals surface area (Å²) in [6, 6.07) is 0. The van der Waals surface area contributed by atoms with Gasteiger partial charge in [0.2, 0.25) is 0 Å². The molecule has 0 radical (unpaired) electrons. The molecule has 1 N–H and O–H groups in total. The third-order valence-corrected chi connectivity index (χ3v) is 7.56. The number of hydrogen-bond acceptors (Lipinski definition) is 7. The zero-order chi connectivity index (χ0) is 14.8. The fraction of sp³-hybridized carbons (Fsp3) is 1.00. The molecule has 116 valence electrons. The molecule has 19 heavy (non-hydrogen) atoms. The van der Waals surface area contributed by atoms with E-state index in [1.807, 2.05) is 0 Å². The quantitative estimate of drug-likeness (QED) is 0.430. The number of rotatable bonds is 12. The summed E-state index contributed by atoms with van der Waals surface area (Å²) in [6.45, 7) is 3.28. The van der Waals surface area contributed by atoms with Crippen LogP contribution in [-0.4, -0.2) is 39.2 Å². The van der Waals surface area contributed by atoms with E-state index < -0.39 is 14.5 Å². The van der Waals surface area contributed by atoms with E-state index in [0.29, 0.717) is 18.9 Å². The predicted octanol–water partition coefficient (Wildman–Crippen LogP) is 3.28. The Balaban J connectivity index is 4.13. The summed E-state index contributed by atoms with van der Waals surface area (Å²) in [5.41, 5.74) is 0. The molecule has 1 atom stereocenters. The summed E-state index contributed by atoms with van der Waals surface area (Å²) < 4.78 is 44.0. The average molecular weight is 335 g/mol. The first-order valence-electron chi connectivity index (χ1n) is 6.04. The highest BCUT2D eigenvalue weighted by Gasteiger charge is 2.25. The van der Waals surface area contributed by atoms with Gasteiger partial charge in [-0.3, -0.25) is 9.05 Å². The molecule has 7 nitrogen and oxygen atoms in total. The lowest BCUT2D eigenvalue weighted by molar-refractivity contribution is 0.211. The molecular formula is C9H23NO6P2S. The maximum absolute atomic E-state index is 12.0. The third-order valence-electron chi connectivity index (χ3n) is 1.77. The van der Waals surface area contributed by atoms with Gasteiger partial charge in [-0.1, -0.05) is 0 Å². The van der Waals surface area contributed by atoms with E-state index in [1.165, 1.54) is 7.11 Å². The van der Waals surface area contributed by atoms with Crippen LogP contribution in [0.1, 0.15) is 20.8 Å². The van der Waals surface area contributed by atoms with Crippen LogP contribution in [0.4, 0.5) is 0 Å². The Hall–Kier alpha value is 0.610. The summed E-state index contributed by atoms with van der Waals surface area (Å²) in [4.78, 5) is 0. The Kier molecular flexibility index (Phi) is 10.7. The van der Waals surface area contributed by atoms with E-state index in [1.54, 1.807) is 20.8 Å². The maximum atomic E-state index is 12.0. The molecule has 1 unspecified atom stereocenters. The average Bonchev–Trinajstić information content (AvgIpc) is 2.36. The van der Waals surface area contributed by atoms with Crippen molar-refractivity contribution in [1.82, 2.24) is 5.09 Å². The lowest BCUT2D eigenvalue weighted by Crippen LogP contribution is -2.17. The molecule has 0 rings (SSSR count). The van der Waals surface area contributed by atoms with Crippen molar-refractivity contribution < 1.29 is 27.2 Å². The first kappa shape index (κ1) is 19.6. The van der Waals surface area contributed by atoms with Crippen molar-refractivity contribution in [3.63, 3.8) is 0 Å². The summed E-state index contributed by atoms with van der Waals surface area (Å²) >= 11 is 1.04. The fourth-order valence-corrected chi connectivity index (χ4v) is 5.40. The zero-order valence-electron chi connectivity index (χ0n) is 11.8. The van der Waals surface area contributed by atoms with E-state index >= 15 is 0 Å². The summed E-state index contributed by atoms with van der Waals surface area (Å²) in [5, 5.41) is 2.69. The Morgan fingerprint density at radius 1 is 1.00 bits per heavy atom. The Labute approximate surface area is 119 Å². The summed E-state index contributed by atoms with van der Waals surface area (Å²) in [7, 11) is -1.92. The highest BCUT2D eigenvalue weighted by Crippen LogP contribution is 2.59. The summed E-state index contributed by atoms with van der Waals surface area (Å²) in [5.74, 6) is 0.398. The van der Waals surface area contributed by atoms with Gasteiger partial charge in [-0.15, -0.1) is 0 Å². The second kappa shape index (κ2) is 10.4. The van der Waals surface area contributed by atoms with E-state index in [9.17, 15) is 9.13 Å². The van der Waals surface area contributed by atoms with Crippen molar-refractivity contribution in [2.75, 3.05) is 39.2 Å². The van der Waals surface area contributed by atoms with Crippen LogP contribution in [0.5, 0.6) is 0 Å². The molecule has 0 aromatic heterocycles. The van der Waals surface area contributed by atoms with Gasteiger partial charge < -0.3 is 9.05 Å². The standard InChI is InChI=1S/C9H23NO6P2S/c1-5-14-17(11,15-6-2)10-8-9-19-18(12,13-4)16-7-3/h5-9H2,1-4H3,(H,10,11). The lowest BCUT2D eigenvalue weighted by Gasteiger charge is -2.18. The van der Waals surface area contributed by atoms with Gasteiger partial charge in [0, 0.05) is 19.4 Å². The molecule has 0 aliphatic rings. The third kappa shape index (κ3) is 8.48. The van der Waals surface area contributed by atoms with E-state index in [0.717, 1.165) is 11.4 Å². The molecule has 0 spiro atoms. The first-order valence-corrected chi connectivity index (χ1v) is 10.7. The van der Waals surface area contributed by atoms with Gasteiger partial charge in [0.25, 0.3) is 0 Å². The molecule has 0 aromatic carbocycles. The fourth-order valence-electron chi connectivity index (χ4n) is 1.11. The molecule has 0 aliphatic heterocycles.